The second-order valence-electron chi connectivity index (χ2n) is 6.37. The predicted molar refractivity (Wildman–Crippen MR) is 86.7 cm³/mol. The number of carbonyl (C=O) groups excluding carboxylic acids is 1. The van der Waals surface area contributed by atoms with Crippen molar-refractivity contribution in [3.8, 4) is 17.3 Å². The number of hydrogen-bond acceptors (Lipinski definition) is 4. The Balaban J connectivity index is 2.18. The lowest BCUT2D eigenvalue weighted by Gasteiger charge is -2.28. The molecule has 0 saturated heterocycles. The first-order valence-corrected chi connectivity index (χ1v) is 7.72. The fraction of sp³-hybridized carbons (Fsp3) is 0.312. The van der Waals surface area contributed by atoms with E-state index in [2.05, 4.69) is 40.9 Å². The zero-order chi connectivity index (χ0) is 16.1. The summed E-state index contributed by atoms with van der Waals surface area (Å²) in [5.74, 6) is 5.92. The number of ketones is 1. The van der Waals surface area contributed by atoms with Crippen LogP contribution in [-0.2, 0) is 6.42 Å². The van der Waals surface area contributed by atoms with Gasteiger partial charge in [0.05, 0.1) is 11.3 Å². The van der Waals surface area contributed by atoms with Crippen LogP contribution in [0.1, 0.15) is 41.9 Å². The van der Waals surface area contributed by atoms with Gasteiger partial charge in [-0.05, 0) is 39.9 Å². The molecule has 0 unspecified atom stereocenters. The van der Waals surface area contributed by atoms with Crippen LogP contribution in [0.5, 0.6) is 0 Å². The summed E-state index contributed by atoms with van der Waals surface area (Å²) in [4.78, 5) is 13.5. The number of fused-ring (bicyclic) bond motifs is 1. The van der Waals surface area contributed by atoms with Crippen molar-refractivity contribution in [2.24, 2.45) is 5.41 Å². The number of rotatable bonds is 1. The van der Waals surface area contributed by atoms with E-state index in [1.54, 1.807) is 6.07 Å². The van der Waals surface area contributed by atoms with E-state index in [0.717, 1.165) is 17.5 Å². The molecular formula is C16H15BrN4O. The lowest BCUT2D eigenvalue weighted by molar-refractivity contribution is 0.0903. The van der Waals surface area contributed by atoms with Crippen molar-refractivity contribution < 1.29 is 4.79 Å². The zero-order valence-corrected chi connectivity index (χ0v) is 13.9. The number of nitrogens with zero attached hydrogens (tertiary/aromatic N) is 3. The normalized spacial score (nSPS) is 16.2. The van der Waals surface area contributed by atoms with Gasteiger partial charge in [-0.15, -0.1) is 0 Å². The summed E-state index contributed by atoms with van der Waals surface area (Å²) in [5, 5.41) is 13.4. The molecule has 6 heteroatoms. The quantitative estimate of drug-likeness (QED) is 0.793. The second kappa shape index (κ2) is 4.96. The molecule has 112 valence electrons. The van der Waals surface area contributed by atoms with E-state index in [1.165, 1.54) is 4.79 Å². The molecule has 1 aliphatic carbocycles. The lowest BCUT2D eigenvalue weighted by Crippen LogP contribution is -2.30. The molecular weight excluding hydrogens is 344 g/mol. The SMILES string of the molecule is CC1(C)CC(=O)c2c(c(-c3ccc(C#N)c(Br)c3)nn2N)C1. The van der Waals surface area contributed by atoms with Gasteiger partial charge in [-0.3, -0.25) is 4.79 Å². The number of halogens is 1. The number of nitriles is 1. The molecule has 22 heavy (non-hydrogen) atoms. The maximum atomic E-state index is 12.3. The Morgan fingerprint density at radius 3 is 2.77 bits per heavy atom. The molecule has 0 spiro atoms. The van der Waals surface area contributed by atoms with Gasteiger partial charge in [0.15, 0.2) is 5.78 Å². The number of hydrogen-bond donors (Lipinski definition) is 1. The highest BCUT2D eigenvalue weighted by Gasteiger charge is 2.36. The highest BCUT2D eigenvalue weighted by atomic mass is 79.9. The maximum absolute atomic E-state index is 12.3. The minimum Gasteiger partial charge on any atom is -0.322 e. The van der Waals surface area contributed by atoms with Crippen LogP contribution < -0.4 is 5.84 Å². The summed E-state index contributed by atoms with van der Waals surface area (Å²) < 4.78 is 0.703. The van der Waals surface area contributed by atoms with E-state index >= 15 is 0 Å². The van der Waals surface area contributed by atoms with Crippen molar-refractivity contribution in [2.45, 2.75) is 26.7 Å². The van der Waals surface area contributed by atoms with Gasteiger partial charge < -0.3 is 5.84 Å². The standard InChI is InChI=1S/C16H15BrN4O/c1-16(2)6-11-14(20-21(19)15(11)13(22)7-16)9-3-4-10(8-18)12(17)5-9/h3-5H,6-7,19H2,1-2H3. The maximum Gasteiger partial charge on any atom is 0.183 e. The van der Waals surface area contributed by atoms with Crippen LogP contribution in [0.15, 0.2) is 22.7 Å². The fourth-order valence-electron chi connectivity index (χ4n) is 2.98. The van der Waals surface area contributed by atoms with Crippen LogP contribution in [0, 0.1) is 16.7 Å². The Morgan fingerprint density at radius 2 is 2.14 bits per heavy atom. The van der Waals surface area contributed by atoms with E-state index < -0.39 is 0 Å². The van der Waals surface area contributed by atoms with Crippen molar-refractivity contribution in [1.29, 1.82) is 5.26 Å². The predicted octanol–water partition coefficient (Wildman–Crippen LogP) is 3.05. The average molecular weight is 359 g/mol. The lowest BCUT2D eigenvalue weighted by atomic mass is 9.75. The van der Waals surface area contributed by atoms with Crippen LogP contribution in [0.2, 0.25) is 0 Å². The Bertz CT molecular complexity index is 829. The van der Waals surface area contributed by atoms with Crippen molar-refractivity contribution in [2.75, 3.05) is 5.84 Å². The number of benzene rings is 1. The molecule has 1 aromatic carbocycles. The molecule has 0 fully saturated rings. The molecule has 0 amide bonds. The summed E-state index contributed by atoms with van der Waals surface area (Å²) in [5.41, 5.74) is 3.39. The largest absolute Gasteiger partial charge is 0.322 e. The van der Waals surface area contributed by atoms with Crippen LogP contribution in [0.4, 0.5) is 0 Å². The topological polar surface area (TPSA) is 84.7 Å². The van der Waals surface area contributed by atoms with E-state index in [9.17, 15) is 4.79 Å². The first-order chi connectivity index (χ1) is 10.3. The van der Waals surface area contributed by atoms with Crippen LogP contribution in [0.3, 0.4) is 0 Å². The van der Waals surface area contributed by atoms with Crippen molar-refractivity contribution in [3.05, 3.63) is 39.5 Å². The molecule has 0 atom stereocenters. The number of Topliss-reactive ketones (excluding diaryl/α,β-unsaturated/α-hetero) is 1. The van der Waals surface area contributed by atoms with Gasteiger partial charge in [-0.1, -0.05) is 19.9 Å². The third kappa shape index (κ3) is 2.32. The molecule has 0 saturated carbocycles. The summed E-state index contributed by atoms with van der Waals surface area (Å²) in [6.07, 6.45) is 1.22. The third-order valence-corrected chi connectivity index (χ3v) is 4.59. The van der Waals surface area contributed by atoms with E-state index in [0.29, 0.717) is 27.8 Å². The van der Waals surface area contributed by atoms with Crippen LogP contribution >= 0.6 is 15.9 Å². The van der Waals surface area contributed by atoms with E-state index in [1.807, 2.05) is 12.1 Å². The Labute approximate surface area is 136 Å². The minimum absolute atomic E-state index is 0.0280. The zero-order valence-electron chi connectivity index (χ0n) is 12.4. The number of nitrogens with two attached hydrogens (primary N) is 1. The average Bonchev–Trinajstić information content (AvgIpc) is 2.74. The van der Waals surface area contributed by atoms with Crippen molar-refractivity contribution >= 4 is 21.7 Å². The molecule has 3 rings (SSSR count). The molecule has 0 aliphatic heterocycles. The molecule has 1 heterocycles. The minimum atomic E-state index is -0.105. The summed E-state index contributed by atoms with van der Waals surface area (Å²) in [6.45, 7) is 4.14. The molecule has 1 aliphatic rings. The van der Waals surface area contributed by atoms with Crippen LogP contribution in [0.25, 0.3) is 11.3 Å². The molecule has 2 aromatic rings. The monoisotopic (exact) mass is 358 g/mol. The Hall–Kier alpha value is -2.13. The Morgan fingerprint density at radius 1 is 1.41 bits per heavy atom. The van der Waals surface area contributed by atoms with Gasteiger partial charge in [0.1, 0.15) is 11.8 Å². The Kier molecular flexibility index (Phi) is 3.33. The summed E-state index contributed by atoms with van der Waals surface area (Å²) in [6, 6.07) is 7.52. The first kappa shape index (κ1) is 14.8. The van der Waals surface area contributed by atoms with E-state index in [-0.39, 0.29) is 11.2 Å². The molecule has 1 aromatic heterocycles. The molecule has 0 radical (unpaired) electrons. The van der Waals surface area contributed by atoms with Crippen molar-refractivity contribution in [3.63, 3.8) is 0 Å². The number of nitrogen functional groups attached to an aromatic ring is 1. The van der Waals surface area contributed by atoms with Gasteiger partial charge in [-0.2, -0.15) is 15.2 Å². The molecule has 5 nitrogen and oxygen atoms in total. The second-order valence-corrected chi connectivity index (χ2v) is 7.22. The van der Waals surface area contributed by atoms with E-state index in [4.69, 9.17) is 11.1 Å². The number of carbonyl (C=O) groups is 1. The van der Waals surface area contributed by atoms with Gasteiger partial charge >= 0.3 is 0 Å². The summed E-state index contributed by atoms with van der Waals surface area (Å²) >= 11 is 3.39. The van der Waals surface area contributed by atoms with Gasteiger partial charge in [0.2, 0.25) is 0 Å². The van der Waals surface area contributed by atoms with Gasteiger partial charge in [0, 0.05) is 22.0 Å². The van der Waals surface area contributed by atoms with Crippen LogP contribution in [-0.4, -0.2) is 15.7 Å². The van der Waals surface area contributed by atoms with Gasteiger partial charge in [0.25, 0.3) is 0 Å². The smallest absolute Gasteiger partial charge is 0.183 e. The number of aromatic nitrogens is 2. The fourth-order valence-corrected chi connectivity index (χ4v) is 3.44. The summed E-state index contributed by atoms with van der Waals surface area (Å²) in [7, 11) is 0. The third-order valence-electron chi connectivity index (χ3n) is 3.93. The highest BCUT2D eigenvalue weighted by Crippen LogP contribution is 2.39. The van der Waals surface area contributed by atoms with Gasteiger partial charge in [-0.25, -0.2) is 0 Å². The first-order valence-electron chi connectivity index (χ1n) is 6.92. The molecule has 0 bridgehead atoms. The van der Waals surface area contributed by atoms with Crippen molar-refractivity contribution in [1.82, 2.24) is 9.89 Å². The highest BCUT2D eigenvalue weighted by molar-refractivity contribution is 9.10. The molecule has 2 N–H and O–H groups in total.